The quantitative estimate of drug-likeness (QED) is 0.783. The Kier molecular flexibility index (Phi) is 4.72. The van der Waals surface area contributed by atoms with Crippen LogP contribution in [0.2, 0.25) is 0 Å². The Morgan fingerprint density at radius 1 is 1.33 bits per heavy atom. The van der Waals surface area contributed by atoms with E-state index in [2.05, 4.69) is 12.2 Å². The zero-order valence-corrected chi connectivity index (χ0v) is 9.20. The lowest BCUT2D eigenvalue weighted by atomic mass is 10.0. The molecule has 0 aromatic heterocycles. The third-order valence-corrected chi connectivity index (χ3v) is 2.44. The van der Waals surface area contributed by atoms with Gasteiger partial charge in [-0.15, -0.1) is 0 Å². The molecule has 0 amide bonds. The molecule has 0 bridgehead atoms. The molecular weight excluding hydrogens is 193 g/mol. The van der Waals surface area contributed by atoms with Crippen molar-refractivity contribution in [3.05, 3.63) is 35.6 Å². The lowest BCUT2D eigenvalue weighted by Crippen LogP contribution is -2.32. The van der Waals surface area contributed by atoms with Crippen molar-refractivity contribution < 1.29 is 9.50 Å². The molecule has 0 fully saturated rings. The first-order chi connectivity index (χ1) is 7.17. The fourth-order valence-electron chi connectivity index (χ4n) is 1.54. The van der Waals surface area contributed by atoms with E-state index in [-0.39, 0.29) is 24.5 Å². The normalized spacial score (nSPS) is 14.9. The minimum Gasteiger partial charge on any atom is -0.395 e. The maximum atomic E-state index is 12.7. The van der Waals surface area contributed by atoms with Gasteiger partial charge in [0.15, 0.2) is 0 Å². The molecule has 0 aliphatic rings. The summed E-state index contributed by atoms with van der Waals surface area (Å²) in [6.07, 6.45) is 0.913. The van der Waals surface area contributed by atoms with Crippen molar-refractivity contribution in [1.82, 2.24) is 5.32 Å². The molecule has 0 radical (unpaired) electrons. The number of nitrogens with one attached hydrogen (secondary N) is 1. The van der Waals surface area contributed by atoms with E-state index >= 15 is 0 Å². The molecule has 0 aliphatic heterocycles. The second-order valence-corrected chi connectivity index (χ2v) is 3.76. The van der Waals surface area contributed by atoms with Crippen LogP contribution in [0.5, 0.6) is 0 Å². The molecule has 1 aromatic carbocycles. The first-order valence-corrected chi connectivity index (χ1v) is 5.29. The van der Waals surface area contributed by atoms with Crippen LogP contribution >= 0.6 is 0 Å². The molecule has 0 aliphatic carbocycles. The van der Waals surface area contributed by atoms with Crippen molar-refractivity contribution in [2.75, 3.05) is 6.61 Å². The van der Waals surface area contributed by atoms with Gasteiger partial charge in [0.2, 0.25) is 0 Å². The topological polar surface area (TPSA) is 32.3 Å². The molecular formula is C12H18FNO. The number of benzene rings is 1. The first kappa shape index (κ1) is 12.1. The molecule has 1 aromatic rings. The number of hydrogen-bond donors (Lipinski definition) is 2. The van der Waals surface area contributed by atoms with Crippen LogP contribution in [-0.4, -0.2) is 17.8 Å². The maximum Gasteiger partial charge on any atom is 0.123 e. The second-order valence-electron chi connectivity index (χ2n) is 3.76. The average Bonchev–Trinajstić information content (AvgIpc) is 2.27. The number of rotatable bonds is 5. The largest absolute Gasteiger partial charge is 0.395 e. The van der Waals surface area contributed by atoms with Gasteiger partial charge in [0.05, 0.1) is 6.61 Å². The molecule has 0 spiro atoms. The van der Waals surface area contributed by atoms with E-state index in [0.29, 0.717) is 0 Å². The molecule has 0 heterocycles. The van der Waals surface area contributed by atoms with Gasteiger partial charge in [0.25, 0.3) is 0 Å². The van der Waals surface area contributed by atoms with Crippen LogP contribution in [-0.2, 0) is 0 Å². The Hall–Kier alpha value is -0.930. The third kappa shape index (κ3) is 3.61. The van der Waals surface area contributed by atoms with Crippen molar-refractivity contribution in [2.45, 2.75) is 32.4 Å². The van der Waals surface area contributed by atoms with Crippen LogP contribution in [0, 0.1) is 5.82 Å². The fraction of sp³-hybridized carbons (Fsp3) is 0.500. The Morgan fingerprint density at radius 3 is 2.40 bits per heavy atom. The Labute approximate surface area is 90.1 Å². The predicted octanol–water partition coefficient (Wildman–Crippen LogP) is 2.25. The molecule has 2 nitrogen and oxygen atoms in total. The lowest BCUT2D eigenvalue weighted by molar-refractivity contribution is 0.239. The summed E-state index contributed by atoms with van der Waals surface area (Å²) in [5.41, 5.74) is 1.05. The van der Waals surface area contributed by atoms with Gasteiger partial charge in [-0.3, -0.25) is 0 Å². The van der Waals surface area contributed by atoms with Gasteiger partial charge in [-0.25, -0.2) is 4.39 Å². The Morgan fingerprint density at radius 2 is 1.93 bits per heavy atom. The van der Waals surface area contributed by atoms with Crippen LogP contribution in [0.4, 0.5) is 4.39 Å². The summed E-state index contributed by atoms with van der Waals surface area (Å²) in [4.78, 5) is 0. The molecule has 3 heteroatoms. The monoisotopic (exact) mass is 211 g/mol. The average molecular weight is 211 g/mol. The Balaban J connectivity index is 2.69. The van der Waals surface area contributed by atoms with Gasteiger partial charge < -0.3 is 10.4 Å². The van der Waals surface area contributed by atoms with Gasteiger partial charge in [-0.1, -0.05) is 19.1 Å². The van der Waals surface area contributed by atoms with Crippen molar-refractivity contribution in [3.8, 4) is 0 Å². The molecule has 2 atom stereocenters. The smallest absolute Gasteiger partial charge is 0.123 e. The van der Waals surface area contributed by atoms with Crippen LogP contribution in [0.3, 0.4) is 0 Å². The molecule has 1 unspecified atom stereocenters. The van der Waals surface area contributed by atoms with E-state index in [0.717, 1.165) is 12.0 Å². The van der Waals surface area contributed by atoms with E-state index in [4.69, 9.17) is 5.11 Å². The summed E-state index contributed by atoms with van der Waals surface area (Å²) in [6, 6.07) is 6.71. The number of halogens is 1. The minimum atomic E-state index is -0.219. The Bertz CT molecular complexity index is 286. The van der Waals surface area contributed by atoms with Crippen LogP contribution in [0.25, 0.3) is 0 Å². The zero-order valence-electron chi connectivity index (χ0n) is 9.20. The van der Waals surface area contributed by atoms with Crippen molar-refractivity contribution in [3.63, 3.8) is 0 Å². The lowest BCUT2D eigenvalue weighted by Gasteiger charge is -2.21. The molecule has 1 rings (SSSR count). The van der Waals surface area contributed by atoms with Crippen molar-refractivity contribution in [2.24, 2.45) is 0 Å². The summed E-state index contributed by atoms with van der Waals surface area (Å²) in [7, 11) is 0. The third-order valence-electron chi connectivity index (χ3n) is 2.44. The summed E-state index contributed by atoms with van der Waals surface area (Å²) >= 11 is 0. The van der Waals surface area contributed by atoms with Crippen molar-refractivity contribution >= 4 is 0 Å². The number of aliphatic hydroxyl groups is 1. The molecule has 84 valence electrons. The van der Waals surface area contributed by atoms with E-state index < -0.39 is 0 Å². The zero-order chi connectivity index (χ0) is 11.3. The van der Waals surface area contributed by atoms with Crippen LogP contribution < -0.4 is 5.32 Å². The van der Waals surface area contributed by atoms with Gasteiger partial charge in [0.1, 0.15) is 5.82 Å². The summed E-state index contributed by atoms with van der Waals surface area (Å²) in [6.45, 7) is 4.09. The molecule has 0 saturated heterocycles. The molecule has 0 saturated carbocycles. The molecule has 2 N–H and O–H groups in total. The fourth-order valence-corrected chi connectivity index (χ4v) is 1.54. The van der Waals surface area contributed by atoms with E-state index in [9.17, 15) is 4.39 Å². The predicted molar refractivity (Wildman–Crippen MR) is 59.1 cm³/mol. The van der Waals surface area contributed by atoms with Gasteiger partial charge in [-0.05, 0) is 31.0 Å². The van der Waals surface area contributed by atoms with E-state index in [1.165, 1.54) is 12.1 Å². The first-order valence-electron chi connectivity index (χ1n) is 5.29. The highest BCUT2D eigenvalue weighted by atomic mass is 19.1. The molecule has 15 heavy (non-hydrogen) atoms. The number of aliphatic hydroxyl groups excluding tert-OH is 1. The highest BCUT2D eigenvalue weighted by molar-refractivity contribution is 5.19. The van der Waals surface area contributed by atoms with Crippen molar-refractivity contribution in [1.29, 1.82) is 0 Å². The number of hydrogen-bond acceptors (Lipinski definition) is 2. The maximum absolute atomic E-state index is 12.7. The summed E-state index contributed by atoms with van der Waals surface area (Å²) < 4.78 is 12.7. The minimum absolute atomic E-state index is 0.0556. The van der Waals surface area contributed by atoms with E-state index in [1.54, 1.807) is 12.1 Å². The summed E-state index contributed by atoms with van der Waals surface area (Å²) in [5.74, 6) is -0.219. The van der Waals surface area contributed by atoms with Crippen LogP contribution in [0.1, 0.15) is 31.9 Å². The standard InChI is InChI=1S/C12H18FNO/c1-3-12(14-9(2)8-15)10-4-6-11(13)7-5-10/h4-7,9,12,14-15H,3,8H2,1-2H3/t9-,12?/m0/s1. The van der Waals surface area contributed by atoms with Gasteiger partial charge in [-0.2, -0.15) is 0 Å². The summed E-state index contributed by atoms with van der Waals surface area (Å²) in [5, 5.41) is 12.2. The second kappa shape index (κ2) is 5.83. The SMILES string of the molecule is CCC(N[C@@H](C)CO)c1ccc(F)cc1. The highest BCUT2D eigenvalue weighted by Gasteiger charge is 2.11. The van der Waals surface area contributed by atoms with E-state index in [1.807, 2.05) is 6.92 Å². The van der Waals surface area contributed by atoms with Gasteiger partial charge >= 0.3 is 0 Å². The highest BCUT2D eigenvalue weighted by Crippen LogP contribution is 2.17. The van der Waals surface area contributed by atoms with Gasteiger partial charge in [0, 0.05) is 12.1 Å². The van der Waals surface area contributed by atoms with Crippen LogP contribution in [0.15, 0.2) is 24.3 Å².